The van der Waals surface area contributed by atoms with Gasteiger partial charge in [-0.15, -0.1) is 11.3 Å². The number of rotatable bonds is 3. The number of hydrogen-bond acceptors (Lipinski definition) is 5. The molecule has 1 atom stereocenters. The van der Waals surface area contributed by atoms with Crippen molar-refractivity contribution in [1.82, 2.24) is 14.8 Å². The maximum absolute atomic E-state index is 12.0. The quantitative estimate of drug-likeness (QED) is 0.879. The molecule has 6 nitrogen and oxygen atoms in total. The molecule has 96 valence electrons. The van der Waals surface area contributed by atoms with Gasteiger partial charge in [0.25, 0.3) is 5.91 Å². The number of thiazole rings is 1. The molecular formula is C11H15N5OS. The van der Waals surface area contributed by atoms with Gasteiger partial charge in [-0.05, 0) is 13.8 Å². The van der Waals surface area contributed by atoms with Crippen molar-refractivity contribution in [2.45, 2.75) is 19.9 Å². The number of carbonyl (C=O) groups excluding carboxylic acids is 1. The van der Waals surface area contributed by atoms with Crippen LogP contribution in [-0.2, 0) is 7.05 Å². The summed E-state index contributed by atoms with van der Waals surface area (Å²) in [6, 6.07) is -0.156. The molecule has 0 aliphatic carbocycles. The second-order valence-corrected chi connectivity index (χ2v) is 5.01. The molecule has 0 fully saturated rings. The number of nitrogens with zero attached hydrogens (tertiary/aromatic N) is 3. The van der Waals surface area contributed by atoms with E-state index in [2.05, 4.69) is 15.4 Å². The van der Waals surface area contributed by atoms with Crippen LogP contribution in [0.3, 0.4) is 0 Å². The summed E-state index contributed by atoms with van der Waals surface area (Å²) in [6.07, 6.45) is 1.76. The molecule has 0 aliphatic rings. The third-order valence-corrected chi connectivity index (χ3v) is 3.45. The van der Waals surface area contributed by atoms with Gasteiger partial charge in [0.15, 0.2) is 0 Å². The number of carbonyl (C=O) groups is 1. The molecule has 0 saturated heterocycles. The number of aryl methyl sites for hydroxylation is 2. The van der Waals surface area contributed by atoms with E-state index in [1.54, 1.807) is 23.3 Å². The average Bonchev–Trinajstić information content (AvgIpc) is 2.86. The van der Waals surface area contributed by atoms with Gasteiger partial charge in [0.05, 0.1) is 17.4 Å². The second kappa shape index (κ2) is 4.87. The highest BCUT2D eigenvalue weighted by Crippen LogP contribution is 2.18. The molecular weight excluding hydrogens is 250 g/mol. The van der Waals surface area contributed by atoms with Crippen LogP contribution in [0.15, 0.2) is 11.6 Å². The van der Waals surface area contributed by atoms with Crippen LogP contribution in [0.25, 0.3) is 0 Å². The lowest BCUT2D eigenvalue weighted by molar-refractivity contribution is 0.102. The van der Waals surface area contributed by atoms with Crippen LogP contribution in [-0.4, -0.2) is 20.7 Å². The van der Waals surface area contributed by atoms with Crippen molar-refractivity contribution in [3.8, 4) is 0 Å². The van der Waals surface area contributed by atoms with E-state index in [4.69, 9.17) is 5.73 Å². The molecule has 2 aromatic rings. The first kappa shape index (κ1) is 12.7. The average molecular weight is 265 g/mol. The van der Waals surface area contributed by atoms with E-state index in [1.165, 1.54) is 11.3 Å². The molecule has 0 aromatic carbocycles. The molecule has 0 bridgehead atoms. The molecule has 3 N–H and O–H groups in total. The van der Waals surface area contributed by atoms with Gasteiger partial charge in [0.1, 0.15) is 10.7 Å². The monoisotopic (exact) mass is 265 g/mol. The van der Waals surface area contributed by atoms with Crippen molar-refractivity contribution >= 4 is 22.9 Å². The van der Waals surface area contributed by atoms with Gasteiger partial charge < -0.3 is 11.1 Å². The SMILES string of the molecule is Cc1nn(C)cc1NC(=O)c1csc(C(C)N)n1. The lowest BCUT2D eigenvalue weighted by Gasteiger charge is -2.00. The van der Waals surface area contributed by atoms with E-state index in [-0.39, 0.29) is 11.9 Å². The Morgan fingerprint density at radius 2 is 2.33 bits per heavy atom. The molecule has 0 spiro atoms. The fourth-order valence-corrected chi connectivity index (χ4v) is 2.27. The molecule has 2 rings (SSSR count). The van der Waals surface area contributed by atoms with Crippen molar-refractivity contribution in [3.63, 3.8) is 0 Å². The summed E-state index contributed by atoms with van der Waals surface area (Å²) in [7, 11) is 1.81. The number of aromatic nitrogens is 3. The molecule has 0 aliphatic heterocycles. The van der Waals surface area contributed by atoms with Crippen molar-refractivity contribution in [1.29, 1.82) is 0 Å². The van der Waals surface area contributed by atoms with E-state index < -0.39 is 0 Å². The summed E-state index contributed by atoms with van der Waals surface area (Å²) in [6.45, 7) is 3.68. The minimum Gasteiger partial charge on any atom is -0.322 e. The Bertz CT molecular complexity index is 572. The smallest absolute Gasteiger partial charge is 0.275 e. The zero-order valence-electron chi connectivity index (χ0n) is 10.5. The summed E-state index contributed by atoms with van der Waals surface area (Å²) in [5.74, 6) is -0.241. The number of nitrogens with two attached hydrogens (primary N) is 1. The molecule has 1 unspecified atom stereocenters. The normalized spacial score (nSPS) is 12.4. The predicted octanol–water partition coefficient (Wildman–Crippen LogP) is 1.46. The predicted molar refractivity (Wildman–Crippen MR) is 70.6 cm³/mol. The van der Waals surface area contributed by atoms with Gasteiger partial charge in [-0.1, -0.05) is 0 Å². The van der Waals surface area contributed by atoms with Crippen molar-refractivity contribution < 1.29 is 4.79 Å². The van der Waals surface area contributed by atoms with Crippen LogP contribution in [0, 0.1) is 6.92 Å². The Morgan fingerprint density at radius 3 is 2.83 bits per heavy atom. The van der Waals surface area contributed by atoms with Gasteiger partial charge >= 0.3 is 0 Å². The number of amides is 1. The highest BCUT2D eigenvalue weighted by molar-refractivity contribution is 7.09. The first-order valence-electron chi connectivity index (χ1n) is 5.50. The minimum atomic E-state index is -0.241. The zero-order chi connectivity index (χ0) is 13.3. The van der Waals surface area contributed by atoms with Crippen LogP contribution in [0.5, 0.6) is 0 Å². The highest BCUT2D eigenvalue weighted by atomic mass is 32.1. The molecule has 0 radical (unpaired) electrons. The summed E-state index contributed by atoms with van der Waals surface area (Å²) in [5, 5.41) is 9.40. The Kier molecular flexibility index (Phi) is 3.44. The Balaban J connectivity index is 2.14. The minimum absolute atomic E-state index is 0.156. The Labute approximate surface area is 109 Å². The fraction of sp³-hybridized carbons (Fsp3) is 0.364. The van der Waals surface area contributed by atoms with Crippen molar-refractivity contribution in [2.24, 2.45) is 12.8 Å². The molecule has 7 heteroatoms. The van der Waals surface area contributed by atoms with E-state index in [0.717, 1.165) is 10.7 Å². The third kappa shape index (κ3) is 2.57. The van der Waals surface area contributed by atoms with Crippen LogP contribution in [0.4, 0.5) is 5.69 Å². The summed E-state index contributed by atoms with van der Waals surface area (Å²) in [4.78, 5) is 16.2. The highest BCUT2D eigenvalue weighted by Gasteiger charge is 2.14. The zero-order valence-corrected chi connectivity index (χ0v) is 11.3. The summed E-state index contributed by atoms with van der Waals surface area (Å²) >= 11 is 1.39. The van der Waals surface area contributed by atoms with Crippen LogP contribution >= 0.6 is 11.3 Å². The van der Waals surface area contributed by atoms with E-state index in [1.807, 2.05) is 13.8 Å². The number of anilines is 1. The standard InChI is InChI=1S/C11H15N5OS/c1-6(12)11-14-9(5-18-11)10(17)13-8-4-16(3)15-7(8)2/h4-6H,12H2,1-3H3,(H,13,17). The van der Waals surface area contributed by atoms with E-state index in [9.17, 15) is 4.79 Å². The maximum atomic E-state index is 12.0. The lowest BCUT2D eigenvalue weighted by Crippen LogP contribution is -2.13. The molecule has 2 heterocycles. The first-order chi connectivity index (χ1) is 8.47. The van der Waals surface area contributed by atoms with Crippen LogP contribution in [0.2, 0.25) is 0 Å². The maximum Gasteiger partial charge on any atom is 0.275 e. The first-order valence-corrected chi connectivity index (χ1v) is 6.38. The van der Waals surface area contributed by atoms with Gasteiger partial charge in [-0.3, -0.25) is 9.48 Å². The largest absolute Gasteiger partial charge is 0.322 e. The Morgan fingerprint density at radius 1 is 1.61 bits per heavy atom. The summed E-state index contributed by atoms with van der Waals surface area (Å²) in [5.41, 5.74) is 7.56. The molecule has 1 amide bonds. The van der Waals surface area contributed by atoms with Gasteiger partial charge in [-0.25, -0.2) is 4.98 Å². The van der Waals surface area contributed by atoms with E-state index in [0.29, 0.717) is 11.4 Å². The van der Waals surface area contributed by atoms with Gasteiger partial charge in [0, 0.05) is 18.6 Å². The molecule has 2 aromatic heterocycles. The van der Waals surface area contributed by atoms with Gasteiger partial charge in [0.2, 0.25) is 0 Å². The lowest BCUT2D eigenvalue weighted by atomic mass is 10.3. The van der Waals surface area contributed by atoms with Crippen molar-refractivity contribution in [2.75, 3.05) is 5.32 Å². The Hall–Kier alpha value is -1.73. The third-order valence-electron chi connectivity index (χ3n) is 2.41. The summed E-state index contributed by atoms with van der Waals surface area (Å²) < 4.78 is 1.65. The van der Waals surface area contributed by atoms with Crippen molar-refractivity contribution in [3.05, 3.63) is 28.0 Å². The van der Waals surface area contributed by atoms with Crippen LogP contribution in [0.1, 0.15) is 34.2 Å². The fourth-order valence-electron chi connectivity index (χ4n) is 1.51. The number of hydrogen-bond donors (Lipinski definition) is 2. The topological polar surface area (TPSA) is 85.8 Å². The van der Waals surface area contributed by atoms with Gasteiger partial charge in [-0.2, -0.15) is 5.10 Å². The molecule has 0 saturated carbocycles. The second-order valence-electron chi connectivity index (χ2n) is 4.12. The number of nitrogens with one attached hydrogen (secondary N) is 1. The molecule has 18 heavy (non-hydrogen) atoms. The van der Waals surface area contributed by atoms with Crippen LogP contribution < -0.4 is 11.1 Å². The van der Waals surface area contributed by atoms with E-state index >= 15 is 0 Å².